The molecule has 0 aliphatic carbocycles. The van der Waals surface area contributed by atoms with E-state index in [0.29, 0.717) is 0 Å². The Kier molecular flexibility index (Phi) is 28.3. The van der Waals surface area contributed by atoms with E-state index in [1.165, 1.54) is 38.5 Å². The van der Waals surface area contributed by atoms with E-state index in [4.69, 9.17) is 0 Å². The second-order valence-corrected chi connectivity index (χ2v) is 2.41. The molecule has 0 aliphatic heterocycles. The third-order valence-electron chi connectivity index (χ3n) is 1.46. The largest absolute Gasteiger partial charge is 1.00 e. The summed E-state index contributed by atoms with van der Waals surface area (Å²) in [6.07, 6.45) is 8.49. The van der Waals surface area contributed by atoms with Gasteiger partial charge in [-0.1, -0.05) is 52.4 Å². The van der Waals surface area contributed by atoms with Gasteiger partial charge < -0.3 is 6.90 Å². The summed E-state index contributed by atoms with van der Waals surface area (Å²) < 4.78 is 0. The summed E-state index contributed by atoms with van der Waals surface area (Å²) in [6, 6.07) is 0. The normalized spacial score (nSPS) is 7.80. The number of rotatable bonds is 5. The molecule has 0 aliphatic rings. The van der Waals surface area contributed by atoms with E-state index in [-0.39, 0.29) is 36.5 Å². The van der Waals surface area contributed by atoms with Crippen LogP contribution in [0.5, 0.6) is 0 Å². The molecule has 0 radical (unpaired) electrons. The first-order valence-corrected chi connectivity index (χ1v) is 3.91. The third-order valence-corrected chi connectivity index (χ3v) is 1.46. The summed E-state index contributed by atoms with van der Waals surface area (Å²) in [6.45, 7) is 4.51. The van der Waals surface area contributed by atoms with E-state index in [1.54, 1.807) is 0 Å². The van der Waals surface area contributed by atoms with Gasteiger partial charge >= 0.3 is 29.6 Å². The molecule has 0 rings (SSSR count). The summed E-state index contributed by atoms with van der Waals surface area (Å²) in [7, 11) is 0. The summed E-state index contributed by atoms with van der Waals surface area (Å²) in [5, 5.41) is 0. The SMILES string of the molecule is CCCCCCCC.O.[H-].[Na+]. The van der Waals surface area contributed by atoms with Gasteiger partial charge in [0.05, 0.1) is 0 Å². The first-order chi connectivity index (χ1) is 3.91. The van der Waals surface area contributed by atoms with Crippen molar-refractivity contribution in [2.75, 3.05) is 0 Å². The molecule has 60 valence electrons. The smallest absolute Gasteiger partial charge is 1.00 e. The minimum atomic E-state index is 0. The van der Waals surface area contributed by atoms with Crippen molar-refractivity contribution in [2.45, 2.75) is 52.4 Å². The van der Waals surface area contributed by atoms with E-state index < -0.39 is 0 Å². The zero-order valence-electron chi connectivity index (χ0n) is 8.74. The van der Waals surface area contributed by atoms with Gasteiger partial charge in [-0.3, -0.25) is 0 Å². The molecule has 2 N–H and O–H groups in total. The van der Waals surface area contributed by atoms with Crippen LogP contribution in [0.1, 0.15) is 53.8 Å². The van der Waals surface area contributed by atoms with Crippen LogP contribution in [0.3, 0.4) is 0 Å². The van der Waals surface area contributed by atoms with Crippen LogP contribution in [0.2, 0.25) is 0 Å². The van der Waals surface area contributed by atoms with Crippen molar-refractivity contribution in [3.63, 3.8) is 0 Å². The van der Waals surface area contributed by atoms with E-state index in [1.807, 2.05) is 0 Å². The van der Waals surface area contributed by atoms with Crippen LogP contribution < -0.4 is 29.6 Å². The second-order valence-electron chi connectivity index (χ2n) is 2.41. The van der Waals surface area contributed by atoms with Gasteiger partial charge in [-0.25, -0.2) is 0 Å². The van der Waals surface area contributed by atoms with Gasteiger partial charge in [0, 0.05) is 0 Å². The average Bonchev–Trinajstić information content (AvgIpc) is 1.81. The molecule has 0 heterocycles. The van der Waals surface area contributed by atoms with E-state index >= 15 is 0 Å². The number of unbranched alkanes of at least 4 members (excludes halogenated alkanes) is 5. The maximum absolute atomic E-state index is 2.26. The topological polar surface area (TPSA) is 31.5 Å². The average molecular weight is 156 g/mol. The Hall–Kier alpha value is 0.960. The molecule has 0 amide bonds. The monoisotopic (exact) mass is 156 g/mol. The van der Waals surface area contributed by atoms with Crippen molar-refractivity contribution in [2.24, 2.45) is 0 Å². The summed E-state index contributed by atoms with van der Waals surface area (Å²) in [4.78, 5) is 0. The molecule has 10 heavy (non-hydrogen) atoms. The predicted octanol–water partition coefficient (Wildman–Crippen LogP) is -0.341. The standard InChI is InChI=1S/C8H18.Na.H2O.H/c1-3-5-7-8-6-4-2;;;/h3-8H2,1-2H3;;1H2;/q;+1;;-1. The molecule has 0 aromatic carbocycles. The Bertz CT molecular complexity index is 39.1. The van der Waals surface area contributed by atoms with Gasteiger partial charge in [0.25, 0.3) is 0 Å². The van der Waals surface area contributed by atoms with Crippen LogP contribution in [0.25, 0.3) is 0 Å². The van der Waals surface area contributed by atoms with Gasteiger partial charge in [0.15, 0.2) is 0 Å². The molecular weight excluding hydrogens is 135 g/mol. The van der Waals surface area contributed by atoms with Gasteiger partial charge in [-0.2, -0.15) is 0 Å². The molecule has 0 spiro atoms. The fourth-order valence-corrected chi connectivity index (χ4v) is 0.854. The molecule has 0 unspecified atom stereocenters. The van der Waals surface area contributed by atoms with Crippen LogP contribution in [0.15, 0.2) is 0 Å². The first kappa shape index (κ1) is 17.2. The maximum Gasteiger partial charge on any atom is 1.00 e. The minimum absolute atomic E-state index is 0. The Morgan fingerprint density at radius 1 is 0.800 bits per heavy atom. The van der Waals surface area contributed by atoms with Crippen LogP contribution in [-0.4, -0.2) is 5.48 Å². The Labute approximate surface area is 88.7 Å². The molecule has 0 saturated carbocycles. The zero-order valence-corrected chi connectivity index (χ0v) is 9.74. The second kappa shape index (κ2) is 16.5. The summed E-state index contributed by atoms with van der Waals surface area (Å²) in [5.74, 6) is 0. The van der Waals surface area contributed by atoms with Crippen molar-refractivity contribution in [3.8, 4) is 0 Å². The molecule has 1 nitrogen and oxygen atoms in total. The van der Waals surface area contributed by atoms with Crippen LogP contribution in [0, 0.1) is 0 Å². The molecular formula is C8H21NaO. The fraction of sp³-hybridized carbons (Fsp3) is 1.00. The summed E-state index contributed by atoms with van der Waals surface area (Å²) >= 11 is 0. The van der Waals surface area contributed by atoms with E-state index in [0.717, 1.165) is 0 Å². The van der Waals surface area contributed by atoms with Crippen LogP contribution in [0.4, 0.5) is 0 Å². The van der Waals surface area contributed by atoms with Crippen molar-refractivity contribution in [1.29, 1.82) is 0 Å². The van der Waals surface area contributed by atoms with Gasteiger partial charge in [0.1, 0.15) is 0 Å². The van der Waals surface area contributed by atoms with Gasteiger partial charge in [-0.05, 0) is 0 Å². The fourth-order valence-electron chi connectivity index (χ4n) is 0.854. The molecule has 0 aromatic rings. The van der Waals surface area contributed by atoms with Gasteiger partial charge in [0.2, 0.25) is 0 Å². The number of hydrogen-bond donors (Lipinski definition) is 0. The maximum atomic E-state index is 2.26. The molecule has 0 bridgehead atoms. The zero-order chi connectivity index (χ0) is 6.24. The van der Waals surface area contributed by atoms with Crippen molar-refractivity contribution in [1.82, 2.24) is 0 Å². The molecule has 0 aromatic heterocycles. The molecule has 0 saturated heterocycles. The predicted molar refractivity (Wildman–Crippen MR) is 43.8 cm³/mol. The first-order valence-electron chi connectivity index (χ1n) is 3.91. The third kappa shape index (κ3) is 16.0. The summed E-state index contributed by atoms with van der Waals surface area (Å²) in [5.41, 5.74) is 0. The Balaban J connectivity index is -0.0000000817. The van der Waals surface area contributed by atoms with E-state index in [2.05, 4.69) is 13.8 Å². The van der Waals surface area contributed by atoms with Crippen LogP contribution in [-0.2, 0) is 0 Å². The Morgan fingerprint density at radius 2 is 1.10 bits per heavy atom. The Morgan fingerprint density at radius 3 is 1.30 bits per heavy atom. The van der Waals surface area contributed by atoms with Crippen LogP contribution >= 0.6 is 0 Å². The van der Waals surface area contributed by atoms with Crippen molar-refractivity contribution in [3.05, 3.63) is 0 Å². The quantitative estimate of drug-likeness (QED) is 0.385. The minimum Gasteiger partial charge on any atom is -1.00 e. The van der Waals surface area contributed by atoms with Crippen molar-refractivity contribution >= 4 is 0 Å². The van der Waals surface area contributed by atoms with E-state index in [9.17, 15) is 0 Å². The van der Waals surface area contributed by atoms with Crippen molar-refractivity contribution < 1.29 is 36.5 Å². The molecule has 0 atom stereocenters. The molecule has 0 fully saturated rings. The van der Waals surface area contributed by atoms with Gasteiger partial charge in [-0.15, -0.1) is 0 Å². The number of hydrogen-bond acceptors (Lipinski definition) is 0. The molecule has 2 heteroatoms.